The number of halogens is 4. The van der Waals surface area contributed by atoms with E-state index in [4.69, 9.17) is 11.6 Å². The van der Waals surface area contributed by atoms with Crippen molar-refractivity contribution in [2.45, 2.75) is 25.9 Å². The minimum absolute atomic E-state index is 0.00560. The minimum Gasteiger partial charge on any atom is -0.386 e. The second kappa shape index (κ2) is 10.6. The van der Waals surface area contributed by atoms with Gasteiger partial charge in [0.05, 0.1) is 28.7 Å². The highest BCUT2D eigenvalue weighted by Crippen LogP contribution is 2.27. The van der Waals surface area contributed by atoms with Gasteiger partial charge >= 0.3 is 6.18 Å². The molecule has 0 bridgehead atoms. The highest BCUT2D eigenvalue weighted by molar-refractivity contribution is 7.12. The van der Waals surface area contributed by atoms with E-state index in [9.17, 15) is 18.0 Å². The maximum absolute atomic E-state index is 12.9. The molecule has 0 N–H and O–H groups in total. The highest BCUT2D eigenvalue weighted by atomic mass is 35.5. The van der Waals surface area contributed by atoms with Gasteiger partial charge in [-0.15, -0.1) is 11.3 Å². The Balaban J connectivity index is 1.72. The van der Waals surface area contributed by atoms with Crippen molar-refractivity contribution in [1.82, 2.24) is 14.8 Å². The molecule has 32 heavy (non-hydrogen) atoms. The van der Waals surface area contributed by atoms with Crippen LogP contribution in [0.5, 0.6) is 0 Å². The topological polar surface area (TPSA) is 72.6 Å². The molecule has 12 heteroatoms. The fourth-order valence-corrected chi connectivity index (χ4v) is 3.80. The summed E-state index contributed by atoms with van der Waals surface area (Å²) in [6, 6.07) is 6.99. The molecule has 0 saturated carbocycles. The van der Waals surface area contributed by atoms with Crippen LogP contribution in [-0.4, -0.2) is 45.7 Å². The van der Waals surface area contributed by atoms with Gasteiger partial charge in [-0.05, 0) is 30.5 Å². The van der Waals surface area contributed by atoms with Crippen LogP contribution in [-0.2, 0) is 9.63 Å². The third kappa shape index (κ3) is 6.30. The Morgan fingerprint density at radius 1 is 1.31 bits per heavy atom. The molecule has 0 unspecified atom stereocenters. The number of aromatic nitrogens is 3. The quantitative estimate of drug-likeness (QED) is 0.312. The molecule has 0 fully saturated rings. The van der Waals surface area contributed by atoms with E-state index in [0.29, 0.717) is 22.8 Å². The van der Waals surface area contributed by atoms with Crippen LogP contribution in [0.3, 0.4) is 0 Å². The first-order chi connectivity index (χ1) is 15.3. The number of oxime groups is 1. The summed E-state index contributed by atoms with van der Waals surface area (Å²) in [5.74, 6) is -0.278. The third-order valence-electron chi connectivity index (χ3n) is 4.25. The molecular formula is C20H19ClF3N5O2S. The van der Waals surface area contributed by atoms with Gasteiger partial charge in [0.15, 0.2) is 5.15 Å². The van der Waals surface area contributed by atoms with Crippen molar-refractivity contribution in [2.24, 2.45) is 5.16 Å². The molecule has 3 aromatic rings. The first-order valence-corrected chi connectivity index (χ1v) is 10.8. The van der Waals surface area contributed by atoms with Gasteiger partial charge in [-0.2, -0.15) is 18.3 Å². The third-order valence-corrected chi connectivity index (χ3v) is 5.44. The van der Waals surface area contributed by atoms with Gasteiger partial charge in [0, 0.05) is 25.6 Å². The molecule has 3 heterocycles. The van der Waals surface area contributed by atoms with Crippen LogP contribution in [0.25, 0.3) is 5.69 Å². The molecule has 170 valence electrons. The van der Waals surface area contributed by atoms with Gasteiger partial charge in [0.25, 0.3) is 0 Å². The number of carbonyl (C=O) groups excluding carboxylic acids is 1. The second-order valence-corrected chi connectivity index (χ2v) is 7.81. The molecule has 1 amide bonds. The smallest absolute Gasteiger partial charge is 0.386 e. The molecule has 0 spiro atoms. The number of rotatable bonds is 9. The molecule has 0 aliphatic carbocycles. The summed E-state index contributed by atoms with van der Waals surface area (Å²) < 4.78 is 38.7. The van der Waals surface area contributed by atoms with Crippen LogP contribution in [0, 0.1) is 0 Å². The average molecular weight is 486 g/mol. The van der Waals surface area contributed by atoms with Gasteiger partial charge in [-0.25, -0.2) is 4.68 Å². The van der Waals surface area contributed by atoms with Crippen molar-refractivity contribution in [3.05, 3.63) is 58.3 Å². The van der Waals surface area contributed by atoms with Crippen molar-refractivity contribution >= 4 is 40.2 Å². The number of anilines is 1. The lowest BCUT2D eigenvalue weighted by Crippen LogP contribution is -2.31. The monoisotopic (exact) mass is 485 g/mol. The minimum atomic E-state index is -4.50. The van der Waals surface area contributed by atoms with Gasteiger partial charge in [0.1, 0.15) is 5.69 Å². The Morgan fingerprint density at radius 3 is 2.75 bits per heavy atom. The van der Waals surface area contributed by atoms with Crippen molar-refractivity contribution in [2.75, 3.05) is 18.1 Å². The number of pyridine rings is 1. The van der Waals surface area contributed by atoms with Crippen molar-refractivity contribution in [1.29, 1.82) is 0 Å². The fourth-order valence-electron chi connectivity index (χ4n) is 2.83. The summed E-state index contributed by atoms with van der Waals surface area (Å²) in [5.41, 5.74) is 1.37. The Bertz CT molecular complexity index is 1060. The Hall–Kier alpha value is -2.92. The van der Waals surface area contributed by atoms with Gasteiger partial charge in [0.2, 0.25) is 12.5 Å². The summed E-state index contributed by atoms with van der Waals surface area (Å²) in [4.78, 5) is 23.5. The molecule has 3 rings (SSSR count). The SMILES string of the molecule is CCN(C(=O)CCC(=NOCC(F)(F)F)c1cccs1)c1cn(-c2cccnc2)nc1Cl. The van der Waals surface area contributed by atoms with Crippen molar-refractivity contribution in [3.8, 4) is 5.69 Å². The summed E-state index contributed by atoms with van der Waals surface area (Å²) in [5, 5.41) is 9.77. The summed E-state index contributed by atoms with van der Waals surface area (Å²) in [6.45, 7) is 0.615. The molecule has 0 atom stereocenters. The number of hydrogen-bond donors (Lipinski definition) is 0. The van der Waals surface area contributed by atoms with E-state index in [1.165, 1.54) is 20.9 Å². The molecule has 0 aromatic carbocycles. The van der Waals surface area contributed by atoms with Crippen LogP contribution < -0.4 is 4.90 Å². The largest absolute Gasteiger partial charge is 0.425 e. The Morgan fingerprint density at radius 2 is 2.12 bits per heavy atom. The van der Waals surface area contributed by atoms with E-state index < -0.39 is 12.8 Å². The number of amides is 1. The van der Waals surface area contributed by atoms with Crippen LogP contribution in [0.2, 0.25) is 5.15 Å². The lowest BCUT2D eigenvalue weighted by molar-refractivity contribution is -0.173. The van der Waals surface area contributed by atoms with Crippen molar-refractivity contribution < 1.29 is 22.8 Å². The molecule has 0 aliphatic rings. The first kappa shape index (κ1) is 23.7. The number of carbonyl (C=O) groups is 1. The van der Waals surface area contributed by atoms with E-state index in [-0.39, 0.29) is 29.6 Å². The predicted molar refractivity (Wildman–Crippen MR) is 116 cm³/mol. The van der Waals surface area contributed by atoms with Crippen LogP contribution in [0.1, 0.15) is 24.6 Å². The molecule has 3 aromatic heterocycles. The number of nitrogens with zero attached hydrogens (tertiary/aromatic N) is 5. The number of alkyl halides is 3. The summed E-state index contributed by atoms with van der Waals surface area (Å²) >= 11 is 7.57. The fraction of sp³-hybridized carbons (Fsp3) is 0.300. The predicted octanol–water partition coefficient (Wildman–Crippen LogP) is 5.10. The summed E-state index contributed by atoms with van der Waals surface area (Å²) in [6.07, 6.45) is 0.459. The van der Waals surface area contributed by atoms with Gasteiger partial charge in [-0.1, -0.05) is 22.8 Å². The van der Waals surface area contributed by atoms with E-state index in [2.05, 4.69) is 20.1 Å². The lowest BCUT2D eigenvalue weighted by Gasteiger charge is -2.19. The number of thiophene rings is 1. The maximum Gasteiger partial charge on any atom is 0.425 e. The second-order valence-electron chi connectivity index (χ2n) is 6.50. The average Bonchev–Trinajstić information content (AvgIpc) is 3.41. The van der Waals surface area contributed by atoms with Crippen molar-refractivity contribution in [3.63, 3.8) is 0 Å². The zero-order valence-electron chi connectivity index (χ0n) is 16.9. The van der Waals surface area contributed by atoms with E-state index in [0.717, 1.165) is 0 Å². The molecule has 0 radical (unpaired) electrons. The zero-order chi connectivity index (χ0) is 23.1. The first-order valence-electron chi connectivity index (χ1n) is 9.54. The highest BCUT2D eigenvalue weighted by Gasteiger charge is 2.29. The molecular weight excluding hydrogens is 467 g/mol. The van der Waals surface area contributed by atoms with Gasteiger partial charge in [-0.3, -0.25) is 9.78 Å². The maximum atomic E-state index is 12.9. The van der Waals surface area contributed by atoms with Crippen LogP contribution >= 0.6 is 22.9 Å². The van der Waals surface area contributed by atoms with Crippen LogP contribution in [0.4, 0.5) is 18.9 Å². The Kier molecular flexibility index (Phi) is 7.86. The number of hydrogen-bond acceptors (Lipinski definition) is 6. The zero-order valence-corrected chi connectivity index (χ0v) is 18.5. The van der Waals surface area contributed by atoms with E-state index in [1.807, 2.05) is 0 Å². The molecule has 7 nitrogen and oxygen atoms in total. The van der Waals surface area contributed by atoms with Crippen LogP contribution in [0.15, 0.2) is 53.4 Å². The Labute approximate surface area is 191 Å². The normalized spacial score (nSPS) is 12.1. The van der Waals surface area contributed by atoms with Gasteiger partial charge < -0.3 is 9.74 Å². The molecule has 0 saturated heterocycles. The van der Waals surface area contributed by atoms with E-state index in [1.54, 1.807) is 55.2 Å². The molecule has 0 aliphatic heterocycles. The lowest BCUT2D eigenvalue weighted by atomic mass is 10.1. The van der Waals surface area contributed by atoms with E-state index >= 15 is 0 Å². The standard InChI is InChI=1S/C20H19ClF3N5O2S/c1-2-28(16-12-29(26-19(16)21)14-5-3-9-25-11-14)18(30)8-7-15(17-6-4-10-32-17)27-31-13-20(22,23)24/h3-6,9-12H,2,7-8,13H2,1H3. The summed E-state index contributed by atoms with van der Waals surface area (Å²) in [7, 11) is 0.